The van der Waals surface area contributed by atoms with E-state index >= 15 is 0 Å². The molecule has 0 spiro atoms. The van der Waals surface area contributed by atoms with Gasteiger partial charge in [0.05, 0.1) is 12.9 Å². The Kier molecular flexibility index (Phi) is 6.65. The van der Waals surface area contributed by atoms with Crippen molar-refractivity contribution in [2.75, 3.05) is 12.9 Å². The maximum absolute atomic E-state index is 10.5. The molecule has 0 aromatic heterocycles. The average molecular weight is 204 g/mol. The Balaban J connectivity index is 3.14. The van der Waals surface area contributed by atoms with Crippen LogP contribution in [0.1, 0.15) is 32.1 Å². The first-order valence-electron chi connectivity index (χ1n) is 4.34. The Bertz CT molecular complexity index is 249. The first-order chi connectivity index (χ1) is 6.06. The molecule has 0 rings (SSSR count). The lowest BCUT2D eigenvalue weighted by Gasteiger charge is -2.00. The summed E-state index contributed by atoms with van der Waals surface area (Å²) in [5.41, 5.74) is 0. The van der Waals surface area contributed by atoms with Crippen LogP contribution < -0.4 is 0 Å². The minimum Gasteiger partial charge on any atom is -0.270 e. The van der Waals surface area contributed by atoms with Gasteiger partial charge in [0, 0.05) is 6.42 Å². The third-order valence-electron chi connectivity index (χ3n) is 1.51. The fourth-order valence-corrected chi connectivity index (χ4v) is 1.31. The molecule has 0 saturated carbocycles. The van der Waals surface area contributed by atoms with Crippen LogP contribution in [-0.4, -0.2) is 21.3 Å². The molecule has 4 heteroatoms. The summed E-state index contributed by atoms with van der Waals surface area (Å²) < 4.78 is 25.6. The van der Waals surface area contributed by atoms with E-state index in [9.17, 15) is 8.42 Å². The molecule has 0 radical (unpaired) electrons. The van der Waals surface area contributed by atoms with Crippen LogP contribution in [0, 0.1) is 12.3 Å². The molecule has 0 aliphatic carbocycles. The SMILES string of the molecule is C#CCCCCCCOS(C)(=O)=O. The second-order valence-corrected chi connectivity index (χ2v) is 4.54. The quantitative estimate of drug-likeness (QED) is 0.359. The van der Waals surface area contributed by atoms with E-state index in [1.165, 1.54) is 0 Å². The molecule has 0 heterocycles. The molecule has 0 bridgehead atoms. The molecule has 0 aromatic carbocycles. The molecule has 3 nitrogen and oxygen atoms in total. The second kappa shape index (κ2) is 6.93. The third-order valence-corrected chi connectivity index (χ3v) is 2.11. The van der Waals surface area contributed by atoms with Gasteiger partial charge in [0.1, 0.15) is 0 Å². The molecular formula is C9H16O3S. The van der Waals surface area contributed by atoms with Crippen LogP contribution in [0.15, 0.2) is 0 Å². The van der Waals surface area contributed by atoms with Gasteiger partial charge in [0.2, 0.25) is 0 Å². The van der Waals surface area contributed by atoms with Crippen molar-refractivity contribution in [2.24, 2.45) is 0 Å². The summed E-state index contributed by atoms with van der Waals surface area (Å²) in [5, 5.41) is 0. The Labute approximate surface area is 80.6 Å². The van der Waals surface area contributed by atoms with Gasteiger partial charge in [-0.2, -0.15) is 8.42 Å². The van der Waals surface area contributed by atoms with Gasteiger partial charge >= 0.3 is 0 Å². The number of hydrogen-bond donors (Lipinski definition) is 0. The summed E-state index contributed by atoms with van der Waals surface area (Å²) in [7, 11) is -3.25. The van der Waals surface area contributed by atoms with Crippen molar-refractivity contribution in [2.45, 2.75) is 32.1 Å². The normalized spacial score (nSPS) is 11.1. The summed E-state index contributed by atoms with van der Waals surface area (Å²) >= 11 is 0. The van der Waals surface area contributed by atoms with Gasteiger partial charge in [0.15, 0.2) is 0 Å². The van der Waals surface area contributed by atoms with Crippen molar-refractivity contribution in [3.8, 4) is 12.3 Å². The van der Waals surface area contributed by atoms with Crippen molar-refractivity contribution in [1.82, 2.24) is 0 Å². The highest BCUT2D eigenvalue weighted by atomic mass is 32.2. The Hall–Kier alpha value is -0.530. The van der Waals surface area contributed by atoms with Crippen LogP contribution in [0.25, 0.3) is 0 Å². The van der Waals surface area contributed by atoms with Crippen molar-refractivity contribution in [3.05, 3.63) is 0 Å². The number of terminal acetylenes is 1. The Morgan fingerprint density at radius 1 is 1.23 bits per heavy atom. The minimum absolute atomic E-state index is 0.287. The summed E-state index contributed by atoms with van der Waals surface area (Å²) in [5.74, 6) is 2.56. The lowest BCUT2D eigenvalue weighted by atomic mass is 10.1. The molecule has 0 aromatic rings. The lowest BCUT2D eigenvalue weighted by molar-refractivity contribution is 0.310. The van der Waals surface area contributed by atoms with Gasteiger partial charge in [-0.3, -0.25) is 4.18 Å². The van der Waals surface area contributed by atoms with E-state index in [1.807, 2.05) is 0 Å². The summed E-state index contributed by atoms with van der Waals surface area (Å²) in [6.45, 7) is 0.287. The highest BCUT2D eigenvalue weighted by molar-refractivity contribution is 7.85. The first kappa shape index (κ1) is 12.5. The van der Waals surface area contributed by atoms with Gasteiger partial charge < -0.3 is 0 Å². The smallest absolute Gasteiger partial charge is 0.264 e. The van der Waals surface area contributed by atoms with E-state index in [4.69, 9.17) is 6.42 Å². The van der Waals surface area contributed by atoms with E-state index in [1.54, 1.807) is 0 Å². The molecule has 0 fully saturated rings. The molecular weight excluding hydrogens is 188 g/mol. The highest BCUT2D eigenvalue weighted by Gasteiger charge is 1.99. The summed E-state index contributed by atoms with van der Waals surface area (Å²) in [4.78, 5) is 0. The van der Waals surface area contributed by atoms with E-state index < -0.39 is 10.1 Å². The molecule has 0 atom stereocenters. The maximum Gasteiger partial charge on any atom is 0.264 e. The van der Waals surface area contributed by atoms with Gasteiger partial charge in [-0.05, 0) is 12.8 Å². The fourth-order valence-electron chi connectivity index (χ4n) is 0.893. The van der Waals surface area contributed by atoms with E-state index in [-0.39, 0.29) is 6.61 Å². The van der Waals surface area contributed by atoms with Crippen molar-refractivity contribution in [1.29, 1.82) is 0 Å². The molecule has 0 unspecified atom stereocenters. The van der Waals surface area contributed by atoms with Crippen LogP contribution in [-0.2, 0) is 14.3 Å². The first-order valence-corrected chi connectivity index (χ1v) is 6.16. The van der Waals surface area contributed by atoms with Crippen LogP contribution in [0.3, 0.4) is 0 Å². The summed E-state index contributed by atoms with van der Waals surface area (Å²) in [6.07, 6.45) is 10.7. The van der Waals surface area contributed by atoms with Crippen molar-refractivity contribution >= 4 is 10.1 Å². The molecule has 76 valence electrons. The Morgan fingerprint density at radius 2 is 1.85 bits per heavy atom. The highest BCUT2D eigenvalue weighted by Crippen LogP contribution is 2.03. The fraction of sp³-hybridized carbons (Fsp3) is 0.778. The largest absolute Gasteiger partial charge is 0.270 e. The van der Waals surface area contributed by atoms with Crippen LogP contribution >= 0.6 is 0 Å². The molecule has 13 heavy (non-hydrogen) atoms. The monoisotopic (exact) mass is 204 g/mol. The van der Waals surface area contributed by atoms with Crippen molar-refractivity contribution in [3.63, 3.8) is 0 Å². The topological polar surface area (TPSA) is 43.4 Å². The van der Waals surface area contributed by atoms with Crippen LogP contribution in [0.5, 0.6) is 0 Å². The van der Waals surface area contributed by atoms with E-state index in [0.717, 1.165) is 38.4 Å². The van der Waals surface area contributed by atoms with E-state index in [2.05, 4.69) is 10.1 Å². The van der Waals surface area contributed by atoms with E-state index in [0.29, 0.717) is 0 Å². The number of rotatable bonds is 7. The van der Waals surface area contributed by atoms with Crippen molar-refractivity contribution < 1.29 is 12.6 Å². The third kappa shape index (κ3) is 11.5. The molecule has 0 aliphatic rings. The zero-order valence-corrected chi connectivity index (χ0v) is 8.77. The number of hydrogen-bond acceptors (Lipinski definition) is 3. The molecule has 0 saturated heterocycles. The molecule has 0 aliphatic heterocycles. The minimum atomic E-state index is -3.25. The maximum atomic E-state index is 10.5. The predicted octanol–water partition coefficient (Wildman–Crippen LogP) is 1.55. The van der Waals surface area contributed by atoms with Gasteiger partial charge in [-0.25, -0.2) is 0 Å². The second-order valence-electron chi connectivity index (χ2n) is 2.89. The molecule has 0 amide bonds. The predicted molar refractivity (Wildman–Crippen MR) is 52.7 cm³/mol. The van der Waals surface area contributed by atoms with Crippen LogP contribution in [0.2, 0.25) is 0 Å². The average Bonchev–Trinajstić information content (AvgIpc) is 2.01. The zero-order valence-electron chi connectivity index (χ0n) is 7.95. The lowest BCUT2D eigenvalue weighted by Crippen LogP contribution is -2.03. The van der Waals surface area contributed by atoms with Gasteiger partial charge in [0.25, 0.3) is 10.1 Å². The number of unbranched alkanes of at least 4 members (excludes halogenated alkanes) is 4. The van der Waals surface area contributed by atoms with Gasteiger partial charge in [-0.1, -0.05) is 12.8 Å². The zero-order chi connectivity index (χ0) is 10.2. The van der Waals surface area contributed by atoms with Crippen LogP contribution in [0.4, 0.5) is 0 Å². The van der Waals surface area contributed by atoms with Gasteiger partial charge in [-0.15, -0.1) is 12.3 Å². The molecule has 0 N–H and O–H groups in total. The Morgan fingerprint density at radius 3 is 2.38 bits per heavy atom. The standard InChI is InChI=1S/C9H16O3S/c1-3-4-5-6-7-8-9-12-13(2,10)11/h1H,4-9H2,2H3. The summed E-state index contributed by atoms with van der Waals surface area (Å²) in [6, 6.07) is 0.